The second-order valence-electron chi connectivity index (χ2n) is 1.14. The van der Waals surface area contributed by atoms with Gasteiger partial charge in [-0.15, -0.1) is 13.8 Å². The topological polar surface area (TPSA) is 0 Å². The largest absolute Gasteiger partial charge is 2.00 e. The first kappa shape index (κ1) is 15.9. The van der Waals surface area contributed by atoms with E-state index >= 15 is 0 Å². The van der Waals surface area contributed by atoms with E-state index < -0.39 is 0 Å². The van der Waals surface area contributed by atoms with Gasteiger partial charge in [0.05, 0.1) is 0 Å². The van der Waals surface area contributed by atoms with Crippen LogP contribution in [-0.4, -0.2) is 0 Å². The van der Waals surface area contributed by atoms with Gasteiger partial charge in [-0.05, 0) is 0 Å². The molecule has 0 aliphatic rings. The van der Waals surface area contributed by atoms with Crippen LogP contribution in [0.15, 0.2) is 24.3 Å². The number of rotatable bonds is 0. The van der Waals surface area contributed by atoms with E-state index in [4.69, 9.17) is 0 Å². The molecule has 0 aromatic carbocycles. The second kappa shape index (κ2) is 24.9. The third-order valence-electron chi connectivity index (χ3n) is 0.471. The summed E-state index contributed by atoms with van der Waals surface area (Å²) in [6.07, 6.45) is 7.28. The predicted molar refractivity (Wildman–Crippen MR) is 40.3 cm³/mol. The minimum Gasteiger partial charge on any atom is -0.245 e. The Labute approximate surface area is 71.8 Å². The fraction of sp³-hybridized carbons (Fsp3) is 0.250. The van der Waals surface area contributed by atoms with Crippen molar-refractivity contribution in [3.8, 4) is 0 Å². The first-order valence-electron chi connectivity index (χ1n) is 2.64. The van der Waals surface area contributed by atoms with Crippen molar-refractivity contribution in [1.29, 1.82) is 0 Å². The summed E-state index contributed by atoms with van der Waals surface area (Å²) in [6, 6.07) is 0. The van der Waals surface area contributed by atoms with Crippen LogP contribution in [0.5, 0.6) is 0 Å². The van der Waals surface area contributed by atoms with E-state index in [0.717, 1.165) is 0 Å². The fourth-order valence-electron chi connectivity index (χ4n) is 0. The third kappa shape index (κ3) is 78.8. The molecule has 0 spiro atoms. The smallest absolute Gasteiger partial charge is 0.245 e. The van der Waals surface area contributed by atoms with Crippen LogP contribution in [0, 0.1) is 13.8 Å². The molecular weight excluding hydrogens is 161 g/mol. The van der Waals surface area contributed by atoms with Crippen LogP contribution < -0.4 is 0 Å². The Hall–Kier alpha value is -0.157. The van der Waals surface area contributed by atoms with E-state index in [0.29, 0.717) is 0 Å². The summed E-state index contributed by atoms with van der Waals surface area (Å²) in [5.74, 6) is 0. The summed E-state index contributed by atoms with van der Waals surface area (Å²) in [5.41, 5.74) is 0. The molecule has 0 radical (unpaired) electrons. The predicted octanol–water partition coefficient (Wildman–Crippen LogP) is 2.79. The maximum absolute atomic E-state index is 3.42. The molecule has 0 bridgehead atoms. The van der Waals surface area contributed by atoms with Gasteiger partial charge in [0.25, 0.3) is 0 Å². The molecule has 0 fully saturated rings. The van der Waals surface area contributed by atoms with Crippen LogP contribution in [0.25, 0.3) is 0 Å². The van der Waals surface area contributed by atoms with Crippen molar-refractivity contribution in [2.45, 2.75) is 13.8 Å². The van der Waals surface area contributed by atoms with E-state index in [1.165, 1.54) is 0 Å². The van der Waals surface area contributed by atoms with Gasteiger partial charge >= 0.3 is 19.5 Å². The van der Waals surface area contributed by atoms with Gasteiger partial charge in [0, 0.05) is 0 Å². The van der Waals surface area contributed by atoms with Crippen molar-refractivity contribution < 1.29 is 19.5 Å². The van der Waals surface area contributed by atoms with E-state index in [1.54, 1.807) is 12.2 Å². The summed E-state index contributed by atoms with van der Waals surface area (Å²) < 4.78 is 0. The average Bonchev–Trinajstić information content (AvgIpc) is 1.88. The molecule has 0 aliphatic heterocycles. The summed E-state index contributed by atoms with van der Waals surface area (Å²) in [5, 5.41) is 0. The van der Waals surface area contributed by atoms with E-state index in [9.17, 15) is 0 Å². The molecule has 0 saturated heterocycles. The van der Waals surface area contributed by atoms with Crippen molar-refractivity contribution in [3.63, 3.8) is 0 Å². The maximum Gasteiger partial charge on any atom is 2.00 e. The van der Waals surface area contributed by atoms with Gasteiger partial charge in [-0.25, -0.2) is 38.2 Å². The van der Waals surface area contributed by atoms with Crippen molar-refractivity contribution in [3.05, 3.63) is 38.2 Å². The molecule has 0 heterocycles. The number of hydrogen-bond acceptors (Lipinski definition) is 0. The normalized spacial score (nSPS) is 8.22. The first-order valence-corrected chi connectivity index (χ1v) is 2.64. The van der Waals surface area contributed by atoms with Crippen LogP contribution in [0.4, 0.5) is 0 Å². The van der Waals surface area contributed by atoms with Crippen molar-refractivity contribution in [2.24, 2.45) is 0 Å². The van der Waals surface area contributed by atoms with Crippen molar-refractivity contribution >= 4 is 0 Å². The third-order valence-corrected chi connectivity index (χ3v) is 0.471. The Kier molecular flexibility index (Phi) is 44.0. The van der Waals surface area contributed by atoms with Crippen LogP contribution in [0.3, 0.4) is 0 Å². The molecule has 0 N–H and O–H groups in total. The molecular formula is C8H14Zn. The van der Waals surface area contributed by atoms with Gasteiger partial charge in [-0.3, -0.25) is 0 Å². The van der Waals surface area contributed by atoms with Gasteiger partial charge in [-0.2, -0.15) is 0 Å². The summed E-state index contributed by atoms with van der Waals surface area (Å²) >= 11 is 0. The molecule has 0 saturated carbocycles. The average molecular weight is 176 g/mol. The van der Waals surface area contributed by atoms with Gasteiger partial charge in [-0.1, -0.05) is 0 Å². The Balaban J connectivity index is -0.0000000720. The number of hydrogen-bond donors (Lipinski definition) is 0. The van der Waals surface area contributed by atoms with Gasteiger partial charge < -0.3 is 0 Å². The zero-order chi connectivity index (χ0) is 6.83. The zero-order valence-electron chi connectivity index (χ0n) is 6.43. The molecule has 0 aromatic rings. The molecule has 0 aromatic heterocycles. The van der Waals surface area contributed by atoms with Crippen LogP contribution in [-0.2, 0) is 19.5 Å². The molecule has 0 nitrogen and oxygen atoms in total. The molecule has 0 unspecified atom stereocenters. The molecule has 0 rings (SSSR count). The van der Waals surface area contributed by atoms with Gasteiger partial charge in [0.2, 0.25) is 0 Å². The van der Waals surface area contributed by atoms with Crippen LogP contribution in [0.1, 0.15) is 13.8 Å². The van der Waals surface area contributed by atoms with Gasteiger partial charge in [0.15, 0.2) is 0 Å². The van der Waals surface area contributed by atoms with E-state index in [2.05, 4.69) is 13.8 Å². The summed E-state index contributed by atoms with van der Waals surface area (Å²) in [7, 11) is 0. The molecule has 9 heavy (non-hydrogen) atoms. The molecule has 0 aliphatic carbocycles. The van der Waals surface area contributed by atoms with Gasteiger partial charge in [0.1, 0.15) is 0 Å². The zero-order valence-corrected chi connectivity index (χ0v) is 9.40. The maximum atomic E-state index is 3.42. The van der Waals surface area contributed by atoms with E-state index in [1.807, 2.05) is 26.0 Å². The molecule has 0 atom stereocenters. The molecule has 48 valence electrons. The minimum atomic E-state index is 0. The van der Waals surface area contributed by atoms with Crippen molar-refractivity contribution in [2.75, 3.05) is 0 Å². The van der Waals surface area contributed by atoms with E-state index in [-0.39, 0.29) is 19.5 Å². The fourth-order valence-corrected chi connectivity index (χ4v) is 0. The summed E-state index contributed by atoms with van der Waals surface area (Å²) in [4.78, 5) is 0. The Bertz CT molecular complexity index is 45.0. The monoisotopic (exact) mass is 174 g/mol. The molecule has 0 amide bonds. The standard InChI is InChI=1S/2C4H7.Zn/c2*1-3-4-2;/h2*3-4H,1H2,2H3;/q2*-1;+2/b2*4-3-;. The summed E-state index contributed by atoms with van der Waals surface area (Å²) in [6.45, 7) is 10.7. The quantitative estimate of drug-likeness (QED) is 0.392. The second-order valence-corrected chi connectivity index (χ2v) is 1.14. The first-order chi connectivity index (χ1) is 3.83. The number of allylic oxidation sites excluding steroid dienone is 4. The Morgan fingerprint density at radius 1 is 0.889 bits per heavy atom. The minimum absolute atomic E-state index is 0. The van der Waals surface area contributed by atoms with Crippen LogP contribution in [0.2, 0.25) is 0 Å². The van der Waals surface area contributed by atoms with Crippen molar-refractivity contribution in [1.82, 2.24) is 0 Å². The van der Waals surface area contributed by atoms with Crippen LogP contribution >= 0.6 is 0 Å². The molecule has 1 heteroatoms. The Morgan fingerprint density at radius 2 is 1.00 bits per heavy atom. The Morgan fingerprint density at radius 3 is 1.00 bits per heavy atom. The SMILES string of the molecule is [CH2-]/C=C\C.[CH2-]/C=C\C.[Zn+2].